The van der Waals surface area contributed by atoms with Crippen LogP contribution in [0.3, 0.4) is 0 Å². The third-order valence-electron chi connectivity index (χ3n) is 4.37. The largest absolute Gasteiger partial charge is 0.480 e. The number of aliphatic carboxylic acids is 1. The summed E-state index contributed by atoms with van der Waals surface area (Å²) in [5.74, 6) is -1.16. The molecule has 1 atom stereocenters. The Morgan fingerprint density at radius 3 is 2.20 bits per heavy atom. The molecule has 0 aromatic carbocycles. The van der Waals surface area contributed by atoms with Gasteiger partial charge in [0.05, 0.1) is 6.54 Å². The van der Waals surface area contributed by atoms with E-state index in [9.17, 15) is 19.5 Å². The minimum atomic E-state index is -1.16. The monoisotopic (exact) mass is 356 g/mol. The van der Waals surface area contributed by atoms with Crippen LogP contribution in [0, 0.1) is 0 Å². The van der Waals surface area contributed by atoms with Crippen LogP contribution in [0.1, 0.15) is 52.9 Å². The molecule has 25 heavy (non-hydrogen) atoms. The summed E-state index contributed by atoms with van der Waals surface area (Å²) in [5, 5.41) is 9.47. The molecule has 8 nitrogen and oxygen atoms in total. The van der Waals surface area contributed by atoms with Crippen molar-refractivity contribution in [3.63, 3.8) is 0 Å². The van der Waals surface area contributed by atoms with Crippen molar-refractivity contribution in [1.29, 1.82) is 0 Å². The minimum Gasteiger partial charge on any atom is -0.480 e. The summed E-state index contributed by atoms with van der Waals surface area (Å²) >= 11 is 0. The molecule has 1 N–H and O–H groups in total. The molecule has 2 rings (SSSR count). The maximum Gasteiger partial charge on any atom is 0.410 e. The van der Waals surface area contributed by atoms with Gasteiger partial charge >= 0.3 is 18.2 Å². The molecule has 2 amide bonds. The van der Waals surface area contributed by atoms with Gasteiger partial charge in [-0.2, -0.15) is 0 Å². The first-order valence-corrected chi connectivity index (χ1v) is 8.85. The number of amides is 2. The standard InChI is InChI=1S/C17H28N2O6/c1-17(2,3)25-15(22)18-9-10-19(13(11-18)14(20)21)16(23)24-12-7-5-4-6-8-12/h12-13H,4-11H2,1-3H3,(H,20,21)/t13-/m1/s1. The molecule has 1 saturated heterocycles. The Balaban J connectivity index is 1.97. The van der Waals surface area contributed by atoms with Gasteiger partial charge in [-0.3, -0.25) is 4.90 Å². The average molecular weight is 356 g/mol. The number of nitrogens with zero attached hydrogens (tertiary/aromatic N) is 2. The maximum atomic E-state index is 12.4. The second-order valence-corrected chi connectivity index (χ2v) is 7.62. The lowest BCUT2D eigenvalue weighted by atomic mass is 9.98. The van der Waals surface area contributed by atoms with Crippen molar-refractivity contribution in [3.8, 4) is 0 Å². The Labute approximate surface area is 148 Å². The molecule has 0 aromatic rings. The van der Waals surface area contributed by atoms with Crippen LogP contribution in [0.2, 0.25) is 0 Å². The Morgan fingerprint density at radius 1 is 1.00 bits per heavy atom. The molecule has 0 aromatic heterocycles. The third-order valence-corrected chi connectivity index (χ3v) is 4.37. The van der Waals surface area contributed by atoms with Crippen molar-refractivity contribution in [2.75, 3.05) is 19.6 Å². The number of ether oxygens (including phenoxy) is 2. The highest BCUT2D eigenvalue weighted by Crippen LogP contribution is 2.22. The van der Waals surface area contributed by atoms with Crippen LogP contribution >= 0.6 is 0 Å². The van der Waals surface area contributed by atoms with E-state index in [1.807, 2.05) is 0 Å². The van der Waals surface area contributed by atoms with Crippen molar-refractivity contribution in [2.45, 2.75) is 70.6 Å². The summed E-state index contributed by atoms with van der Waals surface area (Å²) in [6.07, 6.45) is 3.50. The van der Waals surface area contributed by atoms with Gasteiger partial charge in [0.1, 0.15) is 11.7 Å². The molecule has 1 saturated carbocycles. The zero-order valence-corrected chi connectivity index (χ0v) is 15.2. The summed E-state index contributed by atoms with van der Waals surface area (Å²) in [6, 6.07) is -1.13. The fourth-order valence-electron chi connectivity index (χ4n) is 3.10. The van der Waals surface area contributed by atoms with Crippen LogP contribution in [0.15, 0.2) is 0 Å². The topological polar surface area (TPSA) is 96.4 Å². The average Bonchev–Trinajstić information content (AvgIpc) is 2.53. The van der Waals surface area contributed by atoms with Crippen molar-refractivity contribution in [1.82, 2.24) is 9.80 Å². The van der Waals surface area contributed by atoms with E-state index in [4.69, 9.17) is 9.47 Å². The molecule has 1 heterocycles. The number of carboxylic acids is 1. The maximum absolute atomic E-state index is 12.4. The summed E-state index contributed by atoms with van der Waals surface area (Å²) in [7, 11) is 0. The first kappa shape index (κ1) is 19.3. The number of hydrogen-bond acceptors (Lipinski definition) is 5. The summed E-state index contributed by atoms with van der Waals surface area (Å²) in [5.41, 5.74) is -0.660. The fraction of sp³-hybridized carbons (Fsp3) is 0.824. The minimum absolute atomic E-state index is 0.107. The second kappa shape index (κ2) is 7.93. The highest BCUT2D eigenvalue weighted by Gasteiger charge is 2.39. The Bertz CT molecular complexity index is 510. The van der Waals surface area contributed by atoms with Crippen LogP contribution in [0.4, 0.5) is 9.59 Å². The van der Waals surface area contributed by atoms with Crippen LogP contribution in [0.25, 0.3) is 0 Å². The van der Waals surface area contributed by atoms with Gasteiger partial charge in [0, 0.05) is 13.1 Å². The molecule has 2 aliphatic rings. The predicted octanol–water partition coefficient (Wildman–Crippen LogP) is 2.46. The van der Waals surface area contributed by atoms with E-state index in [1.165, 1.54) is 9.80 Å². The van der Waals surface area contributed by atoms with E-state index in [1.54, 1.807) is 20.8 Å². The van der Waals surface area contributed by atoms with Crippen LogP contribution in [0.5, 0.6) is 0 Å². The fourth-order valence-corrected chi connectivity index (χ4v) is 3.10. The lowest BCUT2D eigenvalue weighted by Crippen LogP contribution is -2.60. The molecule has 2 fully saturated rings. The molecule has 8 heteroatoms. The third kappa shape index (κ3) is 5.51. The molecule has 0 spiro atoms. The van der Waals surface area contributed by atoms with E-state index in [2.05, 4.69) is 0 Å². The quantitative estimate of drug-likeness (QED) is 0.816. The molecule has 0 radical (unpaired) electrons. The van der Waals surface area contributed by atoms with E-state index in [-0.39, 0.29) is 25.7 Å². The van der Waals surface area contributed by atoms with Crippen molar-refractivity contribution < 1.29 is 29.0 Å². The molecular weight excluding hydrogens is 328 g/mol. The van der Waals surface area contributed by atoms with Gasteiger partial charge in [-0.15, -0.1) is 0 Å². The van der Waals surface area contributed by atoms with Gasteiger partial charge in [0.2, 0.25) is 0 Å². The first-order chi connectivity index (χ1) is 11.7. The van der Waals surface area contributed by atoms with Gasteiger partial charge in [-0.05, 0) is 46.5 Å². The first-order valence-electron chi connectivity index (χ1n) is 8.85. The van der Waals surface area contributed by atoms with E-state index in [0.29, 0.717) is 0 Å². The van der Waals surface area contributed by atoms with Gasteiger partial charge < -0.3 is 19.5 Å². The zero-order chi connectivity index (χ0) is 18.6. The molecule has 1 aliphatic heterocycles. The number of carbonyl (C=O) groups is 3. The number of piperazine rings is 1. The predicted molar refractivity (Wildman–Crippen MR) is 89.3 cm³/mol. The van der Waals surface area contributed by atoms with Gasteiger partial charge in [-0.25, -0.2) is 14.4 Å². The molecule has 0 bridgehead atoms. The number of hydrogen-bond donors (Lipinski definition) is 1. The Morgan fingerprint density at radius 2 is 1.64 bits per heavy atom. The molecule has 142 valence electrons. The van der Waals surface area contributed by atoms with Gasteiger partial charge in [0.15, 0.2) is 6.04 Å². The van der Waals surface area contributed by atoms with E-state index < -0.39 is 29.8 Å². The van der Waals surface area contributed by atoms with Gasteiger partial charge in [0.25, 0.3) is 0 Å². The zero-order valence-electron chi connectivity index (χ0n) is 15.2. The summed E-state index contributed by atoms with van der Waals surface area (Å²) in [4.78, 5) is 38.7. The highest BCUT2D eigenvalue weighted by molar-refractivity contribution is 5.82. The van der Waals surface area contributed by atoms with Gasteiger partial charge in [-0.1, -0.05) is 6.42 Å². The lowest BCUT2D eigenvalue weighted by molar-refractivity contribution is -0.145. The van der Waals surface area contributed by atoms with E-state index >= 15 is 0 Å². The number of rotatable bonds is 2. The molecule has 1 aliphatic carbocycles. The van der Waals surface area contributed by atoms with Crippen molar-refractivity contribution >= 4 is 18.2 Å². The Kier molecular flexibility index (Phi) is 6.13. The number of carboxylic acid groups (broad SMARTS) is 1. The van der Waals surface area contributed by atoms with Crippen LogP contribution < -0.4 is 0 Å². The van der Waals surface area contributed by atoms with Crippen LogP contribution in [-0.2, 0) is 14.3 Å². The Hall–Kier alpha value is -1.99. The lowest BCUT2D eigenvalue weighted by Gasteiger charge is -2.39. The molecular formula is C17H28N2O6. The normalized spacial score (nSPS) is 22.4. The number of carbonyl (C=O) groups excluding carboxylic acids is 2. The van der Waals surface area contributed by atoms with Crippen LogP contribution in [-0.4, -0.2) is 70.4 Å². The van der Waals surface area contributed by atoms with Crippen molar-refractivity contribution in [2.24, 2.45) is 0 Å². The SMILES string of the molecule is CC(C)(C)OC(=O)N1CCN(C(=O)OC2CCCCC2)[C@@H](C(=O)O)C1. The van der Waals surface area contributed by atoms with E-state index in [0.717, 1.165) is 32.1 Å². The highest BCUT2D eigenvalue weighted by atomic mass is 16.6. The molecule has 0 unspecified atom stereocenters. The summed E-state index contributed by atoms with van der Waals surface area (Å²) < 4.78 is 10.8. The smallest absolute Gasteiger partial charge is 0.410 e. The second-order valence-electron chi connectivity index (χ2n) is 7.62. The van der Waals surface area contributed by atoms with Crippen molar-refractivity contribution in [3.05, 3.63) is 0 Å². The summed E-state index contributed by atoms with van der Waals surface area (Å²) in [6.45, 7) is 5.47.